The molecule has 2 atom stereocenters. The van der Waals surface area contributed by atoms with Crippen molar-refractivity contribution in [3.63, 3.8) is 0 Å². The SMILES string of the molecule is CC(=O)NCCC(=O)N[C@@H](C(=O)N1CCC(c2ccc(Cl)cc2)C(C)(C)C1)C(C)C. The molecule has 1 fully saturated rings. The first kappa shape index (κ1) is 24.2. The standard InChI is InChI=1S/C23H34ClN3O3/c1-15(2)21(26-20(29)10-12-25-16(3)28)22(30)27-13-11-19(23(4,5)14-27)17-6-8-18(24)9-7-17/h6-9,15,19,21H,10-14H2,1-5H3,(H,25,28)(H,26,29)/t19?,21-/m1/s1. The van der Waals surface area contributed by atoms with Crippen LogP contribution in [0.1, 0.15) is 58.9 Å². The van der Waals surface area contributed by atoms with Crippen molar-refractivity contribution in [2.75, 3.05) is 19.6 Å². The lowest BCUT2D eigenvalue weighted by molar-refractivity contribution is -0.140. The molecule has 2 rings (SSSR count). The van der Waals surface area contributed by atoms with E-state index in [1.807, 2.05) is 30.9 Å². The third-order valence-corrected chi connectivity index (χ3v) is 6.04. The molecule has 1 heterocycles. The number of halogens is 1. The second kappa shape index (κ2) is 10.3. The lowest BCUT2D eigenvalue weighted by atomic mass is 9.70. The summed E-state index contributed by atoms with van der Waals surface area (Å²) in [5, 5.41) is 6.19. The van der Waals surface area contributed by atoms with Gasteiger partial charge in [0.15, 0.2) is 0 Å². The summed E-state index contributed by atoms with van der Waals surface area (Å²) in [6.45, 7) is 11.2. The van der Waals surface area contributed by atoms with Gasteiger partial charge in [-0.3, -0.25) is 14.4 Å². The molecule has 1 aliphatic heterocycles. The quantitative estimate of drug-likeness (QED) is 0.689. The van der Waals surface area contributed by atoms with Crippen LogP contribution in [0, 0.1) is 11.3 Å². The minimum absolute atomic E-state index is 0.0284. The summed E-state index contributed by atoms with van der Waals surface area (Å²) in [4.78, 5) is 38.4. The summed E-state index contributed by atoms with van der Waals surface area (Å²) in [6.07, 6.45) is 1.02. The van der Waals surface area contributed by atoms with Gasteiger partial charge in [0, 0.05) is 38.0 Å². The Balaban J connectivity index is 2.03. The highest BCUT2D eigenvalue weighted by atomic mass is 35.5. The number of rotatable bonds is 7. The lowest BCUT2D eigenvalue weighted by Crippen LogP contribution is -2.56. The molecule has 0 aliphatic carbocycles. The number of hydrogen-bond acceptors (Lipinski definition) is 3. The van der Waals surface area contributed by atoms with Crippen LogP contribution in [0.4, 0.5) is 0 Å². The summed E-state index contributed by atoms with van der Waals surface area (Å²) in [5.74, 6) is -0.139. The first-order valence-electron chi connectivity index (χ1n) is 10.6. The molecular formula is C23H34ClN3O3. The number of carbonyl (C=O) groups is 3. The van der Waals surface area contributed by atoms with Crippen molar-refractivity contribution in [2.45, 2.75) is 59.4 Å². The maximum atomic E-state index is 13.3. The number of likely N-dealkylation sites (tertiary alicyclic amines) is 1. The van der Waals surface area contributed by atoms with Gasteiger partial charge >= 0.3 is 0 Å². The monoisotopic (exact) mass is 435 g/mol. The molecule has 1 aliphatic rings. The summed E-state index contributed by atoms with van der Waals surface area (Å²) >= 11 is 6.03. The Morgan fingerprint density at radius 3 is 2.37 bits per heavy atom. The van der Waals surface area contributed by atoms with E-state index < -0.39 is 6.04 Å². The van der Waals surface area contributed by atoms with Crippen LogP contribution in [0.3, 0.4) is 0 Å². The Labute approximate surface area is 184 Å². The molecule has 0 bridgehead atoms. The molecule has 3 amide bonds. The maximum Gasteiger partial charge on any atom is 0.245 e. The van der Waals surface area contributed by atoms with E-state index in [0.29, 0.717) is 19.0 Å². The number of hydrogen-bond donors (Lipinski definition) is 2. The van der Waals surface area contributed by atoms with Crippen LogP contribution in [0.25, 0.3) is 0 Å². The van der Waals surface area contributed by atoms with Crippen LogP contribution >= 0.6 is 11.6 Å². The Morgan fingerprint density at radius 1 is 1.20 bits per heavy atom. The van der Waals surface area contributed by atoms with Gasteiger partial charge in [-0.25, -0.2) is 0 Å². The summed E-state index contributed by atoms with van der Waals surface area (Å²) in [7, 11) is 0. The van der Waals surface area contributed by atoms with Crippen molar-refractivity contribution in [1.82, 2.24) is 15.5 Å². The van der Waals surface area contributed by atoms with Gasteiger partial charge in [-0.2, -0.15) is 0 Å². The van der Waals surface area contributed by atoms with Gasteiger partial charge in [0.05, 0.1) is 0 Å². The second-order valence-corrected chi connectivity index (χ2v) is 9.60. The van der Waals surface area contributed by atoms with Crippen LogP contribution in [-0.4, -0.2) is 48.3 Å². The van der Waals surface area contributed by atoms with E-state index in [1.165, 1.54) is 12.5 Å². The maximum absolute atomic E-state index is 13.3. The Bertz CT molecular complexity index is 761. The molecule has 1 saturated heterocycles. The first-order chi connectivity index (χ1) is 14.0. The van der Waals surface area contributed by atoms with E-state index in [2.05, 4.69) is 36.6 Å². The number of amides is 3. The number of piperidine rings is 1. The average Bonchev–Trinajstić information content (AvgIpc) is 2.65. The summed E-state index contributed by atoms with van der Waals surface area (Å²) in [5.41, 5.74) is 1.14. The van der Waals surface area contributed by atoms with Gasteiger partial charge < -0.3 is 15.5 Å². The minimum atomic E-state index is -0.572. The number of nitrogens with one attached hydrogen (secondary N) is 2. The largest absolute Gasteiger partial charge is 0.356 e. The third kappa shape index (κ3) is 6.46. The number of nitrogens with zero attached hydrogens (tertiary/aromatic N) is 1. The Kier molecular flexibility index (Phi) is 8.30. The van der Waals surface area contributed by atoms with Crippen LogP contribution in [0.15, 0.2) is 24.3 Å². The molecule has 0 saturated carbocycles. The van der Waals surface area contributed by atoms with E-state index in [-0.39, 0.29) is 42.0 Å². The van der Waals surface area contributed by atoms with Gasteiger partial charge in [-0.05, 0) is 41.4 Å². The molecule has 1 aromatic rings. The lowest BCUT2D eigenvalue weighted by Gasteiger charge is -2.45. The fourth-order valence-corrected chi connectivity index (χ4v) is 4.29. The van der Waals surface area contributed by atoms with Crippen LogP contribution < -0.4 is 10.6 Å². The van der Waals surface area contributed by atoms with Gasteiger partial charge in [0.1, 0.15) is 6.04 Å². The van der Waals surface area contributed by atoms with Crippen LogP contribution in [-0.2, 0) is 14.4 Å². The molecule has 7 heteroatoms. The number of benzene rings is 1. The third-order valence-electron chi connectivity index (χ3n) is 5.79. The van der Waals surface area contributed by atoms with Gasteiger partial charge in [-0.15, -0.1) is 0 Å². The predicted octanol–water partition coefficient (Wildman–Crippen LogP) is 3.35. The van der Waals surface area contributed by atoms with Gasteiger partial charge in [-0.1, -0.05) is 51.4 Å². The van der Waals surface area contributed by atoms with Crippen LogP contribution in [0.2, 0.25) is 5.02 Å². The molecule has 0 aromatic heterocycles. The van der Waals surface area contributed by atoms with Crippen molar-refractivity contribution < 1.29 is 14.4 Å². The van der Waals surface area contributed by atoms with Gasteiger partial charge in [0.25, 0.3) is 0 Å². The molecule has 30 heavy (non-hydrogen) atoms. The van der Waals surface area contributed by atoms with E-state index in [9.17, 15) is 14.4 Å². The fourth-order valence-electron chi connectivity index (χ4n) is 4.17. The minimum Gasteiger partial charge on any atom is -0.356 e. The summed E-state index contributed by atoms with van der Waals surface area (Å²) < 4.78 is 0. The summed E-state index contributed by atoms with van der Waals surface area (Å²) in [6, 6.07) is 7.39. The van der Waals surface area contributed by atoms with Gasteiger partial charge in [0.2, 0.25) is 17.7 Å². The van der Waals surface area contributed by atoms with Crippen LogP contribution in [0.5, 0.6) is 0 Å². The Hall–Kier alpha value is -2.08. The smallest absolute Gasteiger partial charge is 0.245 e. The average molecular weight is 436 g/mol. The second-order valence-electron chi connectivity index (χ2n) is 9.16. The van der Waals surface area contributed by atoms with E-state index in [4.69, 9.17) is 11.6 Å². The zero-order chi connectivity index (χ0) is 22.5. The molecule has 166 valence electrons. The fraction of sp³-hybridized carbons (Fsp3) is 0.609. The van der Waals surface area contributed by atoms with Crippen molar-refractivity contribution in [3.05, 3.63) is 34.9 Å². The van der Waals surface area contributed by atoms with E-state index in [1.54, 1.807) is 0 Å². The van der Waals surface area contributed by atoms with E-state index in [0.717, 1.165) is 11.4 Å². The highest BCUT2D eigenvalue weighted by Crippen LogP contribution is 2.42. The topological polar surface area (TPSA) is 78.5 Å². The molecular weight excluding hydrogens is 402 g/mol. The molecule has 1 aromatic carbocycles. The molecule has 0 radical (unpaired) electrons. The van der Waals surface area contributed by atoms with Crippen molar-refractivity contribution >= 4 is 29.3 Å². The highest BCUT2D eigenvalue weighted by Gasteiger charge is 2.40. The molecule has 1 unspecified atom stereocenters. The predicted molar refractivity (Wildman–Crippen MR) is 119 cm³/mol. The highest BCUT2D eigenvalue weighted by molar-refractivity contribution is 6.30. The zero-order valence-electron chi connectivity index (χ0n) is 18.6. The first-order valence-corrected chi connectivity index (χ1v) is 11.0. The Morgan fingerprint density at radius 2 is 1.83 bits per heavy atom. The molecule has 6 nitrogen and oxygen atoms in total. The number of carbonyl (C=O) groups excluding carboxylic acids is 3. The zero-order valence-corrected chi connectivity index (χ0v) is 19.4. The molecule has 0 spiro atoms. The van der Waals surface area contributed by atoms with Crippen molar-refractivity contribution in [3.8, 4) is 0 Å². The van der Waals surface area contributed by atoms with E-state index >= 15 is 0 Å². The normalized spacial score (nSPS) is 19.3. The molecule has 2 N–H and O–H groups in total. The van der Waals surface area contributed by atoms with Crippen molar-refractivity contribution in [2.24, 2.45) is 11.3 Å². The van der Waals surface area contributed by atoms with Crippen molar-refractivity contribution in [1.29, 1.82) is 0 Å².